The van der Waals surface area contributed by atoms with Gasteiger partial charge in [0.25, 0.3) is 0 Å². The maximum absolute atomic E-state index is 4.15. The minimum absolute atomic E-state index is 0.805. The number of hydrogen-bond acceptors (Lipinski definition) is 3. The van der Waals surface area contributed by atoms with Gasteiger partial charge in [-0.05, 0) is 25.9 Å². The number of thiol groups is 1. The highest BCUT2D eigenvalue weighted by Crippen LogP contribution is 2.22. The fourth-order valence-electron chi connectivity index (χ4n) is 0.901. The van der Waals surface area contributed by atoms with Gasteiger partial charge in [0.1, 0.15) is 0 Å². The largest absolute Gasteiger partial charge is 0.317 e. The highest BCUT2D eigenvalue weighted by molar-refractivity contribution is 8.68. The van der Waals surface area contributed by atoms with Gasteiger partial charge < -0.3 is 5.32 Å². The first kappa shape index (κ1) is 10.7. The Kier molecular flexibility index (Phi) is 8.28. The minimum Gasteiger partial charge on any atom is -0.317 e. The summed E-state index contributed by atoms with van der Waals surface area (Å²) in [7, 11) is 1.70. The van der Waals surface area contributed by atoms with E-state index in [1.54, 1.807) is 10.8 Å². The summed E-state index contributed by atoms with van der Waals surface area (Å²) >= 11 is 4.15. The van der Waals surface area contributed by atoms with E-state index in [4.69, 9.17) is 0 Å². The van der Waals surface area contributed by atoms with Gasteiger partial charge in [-0.3, -0.25) is 0 Å². The van der Waals surface area contributed by atoms with E-state index in [1.165, 1.54) is 25.9 Å². The van der Waals surface area contributed by atoms with Crippen LogP contribution in [0.25, 0.3) is 0 Å². The van der Waals surface area contributed by atoms with Crippen molar-refractivity contribution < 1.29 is 0 Å². The van der Waals surface area contributed by atoms with Crippen molar-refractivity contribution in [3.63, 3.8) is 0 Å². The smallest absolute Gasteiger partial charge is 0.0173 e. The molecule has 1 fully saturated rings. The van der Waals surface area contributed by atoms with E-state index in [1.807, 2.05) is 13.8 Å². The third-order valence-corrected chi connectivity index (χ3v) is 3.10. The lowest BCUT2D eigenvalue weighted by molar-refractivity contribution is 0.533. The molecule has 0 spiro atoms. The molecule has 1 nitrogen and oxygen atoms in total. The lowest BCUT2D eigenvalue weighted by atomic mass is 10.2. The maximum atomic E-state index is 4.15. The number of piperidine rings is 1. The van der Waals surface area contributed by atoms with Gasteiger partial charge in [0.15, 0.2) is 0 Å². The van der Waals surface area contributed by atoms with Crippen LogP contribution in [0.1, 0.15) is 26.7 Å². The standard InChI is InChI=1S/C5H11NS2.C2H6/c7-8-5-1-3-6-4-2-5;1-2/h5-7H,1-4H2;1-2H3. The molecular formula is C7H17NS2. The van der Waals surface area contributed by atoms with E-state index >= 15 is 0 Å². The summed E-state index contributed by atoms with van der Waals surface area (Å²) < 4.78 is 0. The molecule has 0 bridgehead atoms. The Morgan fingerprint density at radius 2 is 1.80 bits per heavy atom. The van der Waals surface area contributed by atoms with Crippen LogP contribution in [0.5, 0.6) is 0 Å². The van der Waals surface area contributed by atoms with Gasteiger partial charge in [-0.1, -0.05) is 24.6 Å². The molecule has 10 heavy (non-hydrogen) atoms. The van der Waals surface area contributed by atoms with Crippen molar-refractivity contribution in [3.05, 3.63) is 0 Å². The molecule has 1 aliphatic heterocycles. The monoisotopic (exact) mass is 179 g/mol. The Hall–Kier alpha value is 0.660. The van der Waals surface area contributed by atoms with Gasteiger partial charge in [-0.15, -0.1) is 11.7 Å². The lowest BCUT2D eigenvalue weighted by Gasteiger charge is -2.19. The molecule has 0 atom stereocenters. The van der Waals surface area contributed by atoms with Crippen LogP contribution in [0.4, 0.5) is 0 Å². The van der Waals surface area contributed by atoms with Crippen molar-refractivity contribution in [2.75, 3.05) is 13.1 Å². The Morgan fingerprint density at radius 1 is 1.30 bits per heavy atom. The van der Waals surface area contributed by atoms with Crippen LogP contribution in [0, 0.1) is 0 Å². The first-order valence-corrected chi connectivity index (χ1v) is 5.87. The Labute approximate surface area is 73.2 Å². The zero-order valence-corrected chi connectivity index (χ0v) is 8.47. The van der Waals surface area contributed by atoms with E-state index < -0.39 is 0 Å². The fraction of sp³-hybridized carbons (Fsp3) is 1.00. The van der Waals surface area contributed by atoms with Crippen LogP contribution < -0.4 is 5.32 Å². The van der Waals surface area contributed by atoms with Crippen molar-refractivity contribution in [2.24, 2.45) is 0 Å². The molecule has 0 aromatic rings. The van der Waals surface area contributed by atoms with E-state index in [0.717, 1.165) is 5.25 Å². The molecule has 0 aliphatic carbocycles. The zero-order chi connectivity index (χ0) is 7.82. The molecule has 1 aliphatic rings. The van der Waals surface area contributed by atoms with Crippen molar-refractivity contribution in [2.45, 2.75) is 31.9 Å². The maximum Gasteiger partial charge on any atom is 0.0173 e. The highest BCUT2D eigenvalue weighted by atomic mass is 33.1. The van der Waals surface area contributed by atoms with Gasteiger partial charge in [-0.25, -0.2) is 0 Å². The van der Waals surface area contributed by atoms with Crippen LogP contribution in [-0.4, -0.2) is 18.3 Å². The molecule has 1 saturated heterocycles. The summed E-state index contributed by atoms with van der Waals surface area (Å²) in [5.74, 6) is 0. The van der Waals surface area contributed by atoms with Crippen molar-refractivity contribution in [1.82, 2.24) is 5.32 Å². The van der Waals surface area contributed by atoms with E-state index in [0.29, 0.717) is 0 Å². The Balaban J connectivity index is 0.000000371. The third-order valence-electron chi connectivity index (χ3n) is 1.44. The fourth-order valence-corrected chi connectivity index (χ4v) is 1.98. The minimum atomic E-state index is 0.805. The summed E-state index contributed by atoms with van der Waals surface area (Å²) in [6.07, 6.45) is 2.57. The van der Waals surface area contributed by atoms with Gasteiger partial charge in [0.2, 0.25) is 0 Å². The third kappa shape index (κ3) is 4.47. The van der Waals surface area contributed by atoms with Gasteiger partial charge in [0, 0.05) is 5.25 Å². The SMILES string of the molecule is CC.SSC1CCNCC1. The zero-order valence-electron chi connectivity index (χ0n) is 6.76. The molecular weight excluding hydrogens is 162 g/mol. The molecule has 1 heterocycles. The van der Waals surface area contributed by atoms with E-state index in [2.05, 4.69) is 17.0 Å². The van der Waals surface area contributed by atoms with Crippen molar-refractivity contribution in [3.8, 4) is 0 Å². The van der Waals surface area contributed by atoms with E-state index in [-0.39, 0.29) is 0 Å². The normalized spacial score (nSPS) is 19.5. The van der Waals surface area contributed by atoms with Gasteiger partial charge >= 0.3 is 0 Å². The molecule has 0 radical (unpaired) electrons. The second-order valence-corrected chi connectivity index (χ2v) is 3.56. The molecule has 3 heteroatoms. The van der Waals surface area contributed by atoms with Gasteiger partial charge in [-0.2, -0.15) is 0 Å². The average molecular weight is 179 g/mol. The van der Waals surface area contributed by atoms with Crippen LogP contribution >= 0.6 is 22.5 Å². The van der Waals surface area contributed by atoms with Crippen LogP contribution in [0.2, 0.25) is 0 Å². The highest BCUT2D eigenvalue weighted by Gasteiger charge is 2.10. The van der Waals surface area contributed by atoms with Crippen molar-refractivity contribution >= 4 is 22.5 Å². The first-order valence-electron chi connectivity index (χ1n) is 3.94. The topological polar surface area (TPSA) is 12.0 Å². The predicted molar refractivity (Wildman–Crippen MR) is 53.8 cm³/mol. The summed E-state index contributed by atoms with van der Waals surface area (Å²) in [4.78, 5) is 0. The molecule has 1 rings (SSSR count). The second kappa shape index (κ2) is 7.76. The predicted octanol–water partition coefficient (Wildman–Crippen LogP) is 2.34. The quantitative estimate of drug-likeness (QED) is 0.473. The average Bonchev–Trinajstić information content (AvgIpc) is 2.10. The molecule has 62 valence electrons. The molecule has 0 saturated carbocycles. The molecule has 0 aromatic carbocycles. The van der Waals surface area contributed by atoms with Crippen molar-refractivity contribution in [1.29, 1.82) is 0 Å². The summed E-state index contributed by atoms with van der Waals surface area (Å²) in [6.45, 7) is 6.36. The first-order chi connectivity index (χ1) is 4.93. The van der Waals surface area contributed by atoms with E-state index in [9.17, 15) is 0 Å². The summed E-state index contributed by atoms with van der Waals surface area (Å²) in [5, 5.41) is 4.11. The number of nitrogens with one attached hydrogen (secondary N) is 1. The molecule has 1 N–H and O–H groups in total. The van der Waals surface area contributed by atoms with Crippen LogP contribution in [0.3, 0.4) is 0 Å². The van der Waals surface area contributed by atoms with Crippen LogP contribution in [-0.2, 0) is 0 Å². The molecule has 0 amide bonds. The Bertz CT molecular complexity index is 62.6. The van der Waals surface area contributed by atoms with Gasteiger partial charge in [0.05, 0.1) is 0 Å². The second-order valence-electron chi connectivity index (χ2n) is 2.05. The van der Waals surface area contributed by atoms with Crippen LogP contribution in [0.15, 0.2) is 0 Å². The number of hydrogen-bond donors (Lipinski definition) is 2. The molecule has 0 aromatic heterocycles. The summed E-state index contributed by atoms with van der Waals surface area (Å²) in [6, 6.07) is 0. The lowest BCUT2D eigenvalue weighted by Crippen LogP contribution is -2.28. The summed E-state index contributed by atoms with van der Waals surface area (Å²) in [5.41, 5.74) is 0. The Morgan fingerprint density at radius 3 is 2.10 bits per heavy atom. The number of rotatable bonds is 1. The molecule has 0 unspecified atom stereocenters.